The molecule has 0 fully saturated rings. The van der Waals surface area contributed by atoms with Gasteiger partial charge in [-0.25, -0.2) is 0 Å². The monoisotopic (exact) mass is 525 g/mol. The number of hydrogen-bond acceptors (Lipinski definition) is 5. The minimum absolute atomic E-state index is 0.0131. The third-order valence-corrected chi connectivity index (χ3v) is 7.17. The summed E-state index contributed by atoms with van der Waals surface area (Å²) in [5.74, 6) is 2.65. The summed E-state index contributed by atoms with van der Waals surface area (Å²) >= 11 is 0. The zero-order valence-electron chi connectivity index (χ0n) is 23.1. The van der Waals surface area contributed by atoms with Gasteiger partial charge in [-0.15, -0.1) is 0 Å². The molecule has 0 aliphatic heterocycles. The molecule has 0 spiro atoms. The van der Waals surface area contributed by atoms with Crippen LogP contribution in [0.1, 0.15) is 47.2 Å². The second-order valence-electron chi connectivity index (χ2n) is 9.84. The van der Waals surface area contributed by atoms with Crippen LogP contribution in [0, 0.1) is 5.92 Å². The van der Waals surface area contributed by atoms with Gasteiger partial charge in [-0.3, -0.25) is 0 Å². The summed E-state index contributed by atoms with van der Waals surface area (Å²) in [6.45, 7) is 3.41. The fourth-order valence-corrected chi connectivity index (χ4v) is 4.88. The maximum Gasteiger partial charge on any atom is 0.160 e. The third kappa shape index (κ3) is 7.85. The molecule has 2 unspecified atom stereocenters. The Morgan fingerprint density at radius 1 is 0.744 bits per heavy atom. The molecule has 4 aromatic carbocycles. The van der Waals surface area contributed by atoms with Crippen LogP contribution < -0.4 is 19.5 Å². The molecule has 4 rings (SSSR count). The van der Waals surface area contributed by atoms with Crippen LogP contribution >= 0.6 is 0 Å². The van der Waals surface area contributed by atoms with Crippen molar-refractivity contribution < 1.29 is 19.3 Å². The third-order valence-electron chi connectivity index (χ3n) is 7.17. The Balaban J connectivity index is 1.46. The zero-order chi connectivity index (χ0) is 27.5. The van der Waals surface area contributed by atoms with Crippen molar-refractivity contribution in [2.24, 2.45) is 5.92 Å². The van der Waals surface area contributed by atoms with Gasteiger partial charge in [0.2, 0.25) is 0 Å². The van der Waals surface area contributed by atoms with Crippen molar-refractivity contribution in [3.8, 4) is 17.2 Å². The Morgan fingerprint density at radius 2 is 1.46 bits per heavy atom. The van der Waals surface area contributed by atoms with Crippen molar-refractivity contribution in [2.75, 3.05) is 14.2 Å². The number of rotatable bonds is 14. The standard InChI is InChI=1S/C34H39NO4/c1-25(14-15-26-16-19-32(37-2)33(20-26)38-3)34(28-12-8-5-9-13-28)35-22-30-21-31(18-17-29(30)23-36)39-24-27-10-6-4-7-11-27/h4-13,16-21,25,34-36H,14-15,22-24H2,1-3H3. The molecule has 204 valence electrons. The van der Waals surface area contributed by atoms with Crippen LogP contribution in [0.4, 0.5) is 0 Å². The minimum Gasteiger partial charge on any atom is -0.493 e. The first-order chi connectivity index (χ1) is 19.1. The highest BCUT2D eigenvalue weighted by Gasteiger charge is 2.20. The van der Waals surface area contributed by atoms with Crippen molar-refractivity contribution in [3.05, 3.63) is 125 Å². The van der Waals surface area contributed by atoms with E-state index >= 15 is 0 Å². The van der Waals surface area contributed by atoms with Gasteiger partial charge in [0.15, 0.2) is 11.5 Å². The quantitative estimate of drug-likeness (QED) is 0.188. The molecule has 0 bridgehead atoms. The lowest BCUT2D eigenvalue weighted by Gasteiger charge is -2.27. The largest absolute Gasteiger partial charge is 0.493 e. The van der Waals surface area contributed by atoms with E-state index in [2.05, 4.69) is 60.8 Å². The molecule has 0 aromatic heterocycles. The summed E-state index contributed by atoms with van der Waals surface area (Å²) < 4.78 is 16.9. The van der Waals surface area contributed by atoms with Crippen molar-refractivity contribution in [1.82, 2.24) is 5.32 Å². The number of benzene rings is 4. The lowest BCUT2D eigenvalue weighted by Crippen LogP contribution is -2.27. The molecule has 4 aromatic rings. The first-order valence-electron chi connectivity index (χ1n) is 13.5. The number of aliphatic hydroxyl groups excluding tert-OH is 1. The first-order valence-corrected chi connectivity index (χ1v) is 13.5. The summed E-state index contributed by atoms with van der Waals surface area (Å²) in [4.78, 5) is 0. The average molecular weight is 526 g/mol. The molecule has 2 atom stereocenters. The van der Waals surface area contributed by atoms with Gasteiger partial charge in [-0.05, 0) is 70.8 Å². The molecule has 39 heavy (non-hydrogen) atoms. The molecule has 0 saturated carbocycles. The number of hydrogen-bond donors (Lipinski definition) is 2. The molecule has 0 amide bonds. The van der Waals surface area contributed by atoms with Crippen LogP contribution in [-0.4, -0.2) is 19.3 Å². The van der Waals surface area contributed by atoms with Crippen LogP contribution in [0.25, 0.3) is 0 Å². The molecular weight excluding hydrogens is 486 g/mol. The number of nitrogens with one attached hydrogen (secondary N) is 1. The van der Waals surface area contributed by atoms with E-state index < -0.39 is 0 Å². The Bertz CT molecular complexity index is 1290. The van der Waals surface area contributed by atoms with E-state index in [1.54, 1.807) is 14.2 Å². The number of ether oxygens (including phenoxy) is 3. The molecule has 0 aliphatic carbocycles. The first kappa shape index (κ1) is 28.2. The van der Waals surface area contributed by atoms with Crippen LogP contribution in [0.5, 0.6) is 17.2 Å². The predicted octanol–water partition coefficient (Wildman–Crippen LogP) is 6.87. The van der Waals surface area contributed by atoms with Crippen LogP contribution in [-0.2, 0) is 26.2 Å². The Kier molecular flexibility index (Phi) is 10.4. The maximum absolute atomic E-state index is 10.0. The fourth-order valence-electron chi connectivity index (χ4n) is 4.88. The van der Waals surface area contributed by atoms with Gasteiger partial charge in [0, 0.05) is 12.6 Å². The number of aryl methyl sites for hydroxylation is 1. The number of aliphatic hydroxyl groups is 1. The minimum atomic E-state index is -0.0131. The smallest absolute Gasteiger partial charge is 0.160 e. The molecule has 0 aliphatic rings. The molecule has 0 heterocycles. The summed E-state index contributed by atoms with van der Waals surface area (Å²) in [7, 11) is 3.32. The highest BCUT2D eigenvalue weighted by Crippen LogP contribution is 2.31. The molecule has 0 saturated heterocycles. The summed E-state index contributed by atoms with van der Waals surface area (Å²) in [5.41, 5.74) is 5.53. The van der Waals surface area contributed by atoms with Gasteiger partial charge < -0.3 is 24.6 Å². The van der Waals surface area contributed by atoms with Gasteiger partial charge in [0.25, 0.3) is 0 Å². The van der Waals surface area contributed by atoms with Crippen molar-refractivity contribution in [2.45, 2.75) is 45.6 Å². The van der Waals surface area contributed by atoms with E-state index in [4.69, 9.17) is 14.2 Å². The SMILES string of the molecule is COc1ccc(CCC(C)C(NCc2cc(OCc3ccccc3)ccc2CO)c2ccccc2)cc1OC. The Hall–Kier alpha value is -3.80. The second-order valence-corrected chi connectivity index (χ2v) is 9.84. The van der Waals surface area contributed by atoms with Gasteiger partial charge in [0.1, 0.15) is 12.4 Å². The second kappa shape index (κ2) is 14.4. The fraction of sp³-hybridized carbons (Fsp3) is 0.294. The van der Waals surface area contributed by atoms with E-state index in [0.717, 1.165) is 46.8 Å². The lowest BCUT2D eigenvalue weighted by atomic mass is 9.89. The lowest BCUT2D eigenvalue weighted by molar-refractivity contribution is 0.278. The van der Waals surface area contributed by atoms with E-state index in [1.807, 2.05) is 48.5 Å². The molecule has 2 N–H and O–H groups in total. The highest BCUT2D eigenvalue weighted by atomic mass is 16.5. The van der Waals surface area contributed by atoms with Gasteiger partial charge in [0.05, 0.1) is 20.8 Å². The van der Waals surface area contributed by atoms with Crippen LogP contribution in [0.15, 0.2) is 97.1 Å². The van der Waals surface area contributed by atoms with Crippen molar-refractivity contribution >= 4 is 0 Å². The Labute approximate surface area is 232 Å². The maximum atomic E-state index is 10.0. The van der Waals surface area contributed by atoms with Crippen molar-refractivity contribution in [1.29, 1.82) is 0 Å². The zero-order valence-corrected chi connectivity index (χ0v) is 23.1. The summed E-state index contributed by atoms with van der Waals surface area (Å²) in [6.07, 6.45) is 1.92. The van der Waals surface area contributed by atoms with Crippen LogP contribution in [0.2, 0.25) is 0 Å². The topological polar surface area (TPSA) is 60.0 Å². The molecule has 5 nitrogen and oxygen atoms in total. The highest BCUT2D eigenvalue weighted by molar-refractivity contribution is 5.43. The average Bonchev–Trinajstić information content (AvgIpc) is 3.00. The predicted molar refractivity (Wildman–Crippen MR) is 156 cm³/mol. The van der Waals surface area contributed by atoms with Crippen molar-refractivity contribution in [3.63, 3.8) is 0 Å². The molecular formula is C34H39NO4. The molecule has 5 heteroatoms. The van der Waals surface area contributed by atoms with Crippen LogP contribution in [0.3, 0.4) is 0 Å². The normalized spacial score (nSPS) is 12.5. The van der Waals surface area contributed by atoms with Gasteiger partial charge >= 0.3 is 0 Å². The summed E-state index contributed by atoms with van der Waals surface area (Å²) in [5, 5.41) is 13.8. The van der Waals surface area contributed by atoms with Gasteiger partial charge in [-0.1, -0.05) is 79.7 Å². The van der Waals surface area contributed by atoms with Gasteiger partial charge in [-0.2, -0.15) is 0 Å². The Morgan fingerprint density at radius 3 is 2.15 bits per heavy atom. The number of methoxy groups -OCH3 is 2. The van der Waals surface area contributed by atoms with E-state index in [-0.39, 0.29) is 12.6 Å². The van der Waals surface area contributed by atoms with E-state index in [9.17, 15) is 5.11 Å². The van der Waals surface area contributed by atoms with E-state index in [0.29, 0.717) is 19.1 Å². The van der Waals surface area contributed by atoms with E-state index in [1.165, 1.54) is 11.1 Å². The molecule has 0 radical (unpaired) electrons. The summed E-state index contributed by atoms with van der Waals surface area (Å²) in [6, 6.07) is 32.9.